The zero-order valence-electron chi connectivity index (χ0n) is 13.6. The third-order valence-corrected chi connectivity index (χ3v) is 5.56. The number of carbonyl (C=O) groups is 1. The molecule has 2 fully saturated rings. The minimum atomic E-state index is -3.43. The summed E-state index contributed by atoms with van der Waals surface area (Å²) in [6.45, 7) is 0.581. The molecule has 1 N–H and O–H groups in total. The summed E-state index contributed by atoms with van der Waals surface area (Å²) >= 11 is 0. The van der Waals surface area contributed by atoms with E-state index in [0.717, 1.165) is 18.4 Å². The second kappa shape index (κ2) is 6.98. The van der Waals surface area contributed by atoms with Gasteiger partial charge in [0.15, 0.2) is 0 Å². The van der Waals surface area contributed by atoms with Crippen LogP contribution < -0.4 is 9.46 Å². The Balaban J connectivity index is 1.46. The van der Waals surface area contributed by atoms with Gasteiger partial charge in [-0.1, -0.05) is 12.1 Å². The molecular formula is C16H22N2O5S. The van der Waals surface area contributed by atoms with Crippen molar-refractivity contribution in [3.63, 3.8) is 0 Å². The number of methoxy groups -OCH3 is 1. The summed E-state index contributed by atoms with van der Waals surface area (Å²) in [7, 11) is -1.85. The number of aryl methyl sites for hydroxylation is 1. The van der Waals surface area contributed by atoms with Crippen molar-refractivity contribution in [2.45, 2.75) is 31.4 Å². The molecule has 3 rings (SSSR count). The monoisotopic (exact) mass is 354 g/mol. The minimum absolute atomic E-state index is 0.0207. The smallest absolute Gasteiger partial charge is 0.410 e. The van der Waals surface area contributed by atoms with Crippen LogP contribution in [0.5, 0.6) is 5.75 Å². The van der Waals surface area contributed by atoms with Crippen LogP contribution >= 0.6 is 0 Å². The molecule has 24 heavy (non-hydrogen) atoms. The molecule has 2 aliphatic rings. The molecule has 1 unspecified atom stereocenters. The highest BCUT2D eigenvalue weighted by Gasteiger charge is 2.41. The van der Waals surface area contributed by atoms with Gasteiger partial charge >= 0.3 is 6.09 Å². The molecule has 8 heteroatoms. The van der Waals surface area contributed by atoms with Crippen molar-refractivity contribution in [1.82, 2.24) is 9.62 Å². The first-order chi connectivity index (χ1) is 11.5. The van der Waals surface area contributed by atoms with Crippen LogP contribution in [0.2, 0.25) is 0 Å². The molecule has 7 nitrogen and oxygen atoms in total. The number of cyclic esters (lactones) is 1. The van der Waals surface area contributed by atoms with E-state index in [0.29, 0.717) is 18.7 Å². The quantitative estimate of drug-likeness (QED) is 0.757. The first-order valence-electron chi connectivity index (χ1n) is 8.04. The lowest BCUT2D eigenvalue weighted by atomic mass is 10.2. The number of rotatable bonds is 8. The van der Waals surface area contributed by atoms with Crippen molar-refractivity contribution >= 4 is 16.1 Å². The second-order valence-electron chi connectivity index (χ2n) is 6.16. The van der Waals surface area contributed by atoms with Gasteiger partial charge in [0.05, 0.1) is 19.4 Å². The van der Waals surface area contributed by atoms with Crippen LogP contribution in [0.3, 0.4) is 0 Å². The van der Waals surface area contributed by atoms with Gasteiger partial charge in [0.2, 0.25) is 10.0 Å². The summed E-state index contributed by atoms with van der Waals surface area (Å²) < 4.78 is 37.1. The maximum atomic E-state index is 12.1. The lowest BCUT2D eigenvalue weighted by Gasteiger charge is -2.12. The van der Waals surface area contributed by atoms with Crippen LogP contribution in [0.4, 0.5) is 4.79 Å². The topological polar surface area (TPSA) is 84.9 Å². The summed E-state index contributed by atoms with van der Waals surface area (Å²) in [5.41, 5.74) is 0.895. The average Bonchev–Trinajstić information content (AvgIpc) is 3.34. The molecule has 1 aromatic rings. The predicted molar refractivity (Wildman–Crippen MR) is 88.5 cm³/mol. The first kappa shape index (κ1) is 17.0. The molecule has 1 aliphatic heterocycles. The number of hydrogen-bond acceptors (Lipinski definition) is 5. The number of sulfonamides is 1. The molecule has 1 heterocycles. The molecule has 1 amide bonds. The summed E-state index contributed by atoms with van der Waals surface area (Å²) in [6.07, 6.45) is 1.66. The number of hydrogen-bond donors (Lipinski definition) is 1. The molecule has 0 radical (unpaired) electrons. The lowest BCUT2D eigenvalue weighted by molar-refractivity contribution is 0.133. The maximum Gasteiger partial charge on any atom is 0.410 e. The molecular weight excluding hydrogens is 332 g/mol. The number of amides is 1. The Labute approximate surface area is 142 Å². The Morgan fingerprint density at radius 3 is 2.88 bits per heavy atom. The highest BCUT2D eigenvalue weighted by Crippen LogP contribution is 2.30. The van der Waals surface area contributed by atoms with E-state index in [4.69, 9.17) is 9.47 Å². The van der Waals surface area contributed by atoms with Crippen LogP contribution in [-0.4, -0.2) is 57.5 Å². The van der Waals surface area contributed by atoms with Gasteiger partial charge < -0.3 is 14.4 Å². The summed E-state index contributed by atoms with van der Waals surface area (Å²) in [6, 6.07) is 7.62. The van der Waals surface area contributed by atoms with E-state index in [1.807, 2.05) is 24.3 Å². The Hall–Kier alpha value is -1.80. The van der Waals surface area contributed by atoms with E-state index in [1.54, 1.807) is 12.0 Å². The predicted octanol–water partition coefficient (Wildman–Crippen LogP) is 1.14. The third kappa shape index (κ3) is 4.39. The molecule has 1 saturated heterocycles. The minimum Gasteiger partial charge on any atom is -0.497 e. The van der Waals surface area contributed by atoms with Gasteiger partial charge in [-0.2, -0.15) is 0 Å². The molecule has 1 atom stereocenters. The van der Waals surface area contributed by atoms with Crippen molar-refractivity contribution in [3.8, 4) is 5.75 Å². The number of benzene rings is 1. The van der Waals surface area contributed by atoms with Crippen molar-refractivity contribution in [1.29, 1.82) is 0 Å². The van der Waals surface area contributed by atoms with Gasteiger partial charge in [0.1, 0.15) is 11.9 Å². The molecule has 1 aliphatic carbocycles. The van der Waals surface area contributed by atoms with E-state index >= 15 is 0 Å². The zero-order chi connectivity index (χ0) is 17.2. The van der Waals surface area contributed by atoms with Gasteiger partial charge in [-0.05, 0) is 37.0 Å². The van der Waals surface area contributed by atoms with Crippen LogP contribution in [0.1, 0.15) is 18.4 Å². The average molecular weight is 354 g/mol. The molecule has 0 aromatic heterocycles. The highest BCUT2D eigenvalue weighted by molar-refractivity contribution is 7.89. The van der Waals surface area contributed by atoms with E-state index in [2.05, 4.69) is 4.72 Å². The Morgan fingerprint density at radius 2 is 2.17 bits per heavy atom. The lowest BCUT2D eigenvalue weighted by Crippen LogP contribution is -2.36. The summed E-state index contributed by atoms with van der Waals surface area (Å²) in [5, 5.41) is 0. The molecule has 0 bridgehead atoms. The summed E-state index contributed by atoms with van der Waals surface area (Å²) in [5.74, 6) is 0.684. The fraction of sp³-hybridized carbons (Fsp3) is 0.562. The number of carbonyl (C=O) groups excluding carboxylic acids is 1. The van der Waals surface area contributed by atoms with Crippen molar-refractivity contribution in [2.75, 3.05) is 26.0 Å². The van der Waals surface area contributed by atoms with Crippen molar-refractivity contribution in [2.24, 2.45) is 0 Å². The Kier molecular flexibility index (Phi) is 4.96. The zero-order valence-corrected chi connectivity index (χ0v) is 14.4. The van der Waals surface area contributed by atoms with E-state index in [1.165, 1.54) is 0 Å². The van der Waals surface area contributed by atoms with Gasteiger partial charge in [0, 0.05) is 12.6 Å². The van der Waals surface area contributed by atoms with Gasteiger partial charge in [0.25, 0.3) is 0 Å². The van der Waals surface area contributed by atoms with Crippen LogP contribution in [0.15, 0.2) is 24.3 Å². The number of nitrogens with zero attached hydrogens (tertiary/aromatic N) is 1. The van der Waals surface area contributed by atoms with E-state index in [-0.39, 0.29) is 24.4 Å². The Bertz CT molecular complexity index is 702. The maximum absolute atomic E-state index is 12.1. The van der Waals surface area contributed by atoms with Crippen LogP contribution in [0.25, 0.3) is 0 Å². The van der Waals surface area contributed by atoms with E-state index < -0.39 is 16.1 Å². The normalized spacial score (nSPS) is 21.0. The highest BCUT2D eigenvalue weighted by atomic mass is 32.2. The fourth-order valence-electron chi connectivity index (χ4n) is 2.70. The summed E-state index contributed by atoms with van der Waals surface area (Å²) in [4.78, 5) is 13.4. The molecule has 0 spiro atoms. The fourth-order valence-corrected chi connectivity index (χ4v) is 3.79. The van der Waals surface area contributed by atoms with Crippen LogP contribution in [-0.2, 0) is 21.2 Å². The van der Waals surface area contributed by atoms with Crippen LogP contribution in [0, 0.1) is 0 Å². The van der Waals surface area contributed by atoms with Crippen molar-refractivity contribution in [3.05, 3.63) is 29.8 Å². The molecule has 1 saturated carbocycles. The van der Waals surface area contributed by atoms with Gasteiger partial charge in [-0.25, -0.2) is 17.9 Å². The number of ether oxygens (including phenoxy) is 2. The molecule has 132 valence electrons. The standard InChI is InChI=1S/C16H22N2O5S/c1-22-14-4-2-3-12(9-14)7-8-24(20,21)17-10-15-11-18(13-5-6-13)16(19)23-15/h2-4,9,13,15,17H,5-8,10-11H2,1H3. The van der Waals surface area contributed by atoms with Gasteiger partial charge in [-0.3, -0.25) is 0 Å². The SMILES string of the molecule is COc1cccc(CCS(=O)(=O)NCC2CN(C3CC3)C(=O)O2)c1. The first-order valence-corrected chi connectivity index (χ1v) is 9.69. The van der Waals surface area contributed by atoms with Gasteiger partial charge in [-0.15, -0.1) is 0 Å². The number of nitrogens with one attached hydrogen (secondary N) is 1. The largest absolute Gasteiger partial charge is 0.497 e. The van der Waals surface area contributed by atoms with Crippen molar-refractivity contribution < 1.29 is 22.7 Å². The molecule has 1 aromatic carbocycles. The Morgan fingerprint density at radius 1 is 1.38 bits per heavy atom. The third-order valence-electron chi connectivity index (χ3n) is 4.21. The second-order valence-corrected chi connectivity index (χ2v) is 8.08. The van der Waals surface area contributed by atoms with E-state index in [9.17, 15) is 13.2 Å².